The van der Waals surface area contributed by atoms with Gasteiger partial charge in [0, 0.05) is 37.8 Å². The van der Waals surface area contributed by atoms with Gasteiger partial charge in [-0.15, -0.1) is 0 Å². The lowest BCUT2D eigenvalue weighted by Crippen LogP contribution is -2.41. The fraction of sp³-hybridized carbons (Fsp3) is 0.364. The molecule has 0 atom stereocenters. The summed E-state index contributed by atoms with van der Waals surface area (Å²) in [5, 5.41) is 2.99. The summed E-state index contributed by atoms with van der Waals surface area (Å²) in [6, 6.07) is 12.1. The molecular weight excluding hydrogens is 418 g/mol. The zero-order valence-electron chi connectivity index (χ0n) is 17.5. The Kier molecular flexibility index (Phi) is 5.72. The summed E-state index contributed by atoms with van der Waals surface area (Å²) in [6.07, 6.45) is 1.71. The molecule has 31 heavy (non-hydrogen) atoms. The summed E-state index contributed by atoms with van der Waals surface area (Å²) >= 11 is 0. The van der Waals surface area contributed by atoms with Crippen LogP contribution in [0.15, 0.2) is 56.6 Å². The number of carbonyl (C=O) groups is 1. The van der Waals surface area contributed by atoms with E-state index < -0.39 is 15.8 Å². The van der Waals surface area contributed by atoms with Crippen molar-refractivity contribution < 1.29 is 17.6 Å². The van der Waals surface area contributed by atoms with Crippen molar-refractivity contribution in [3.63, 3.8) is 0 Å². The molecule has 1 aliphatic heterocycles. The fourth-order valence-corrected chi connectivity index (χ4v) is 5.45. The number of carbonyl (C=O) groups excluding carboxylic acids is 1. The van der Waals surface area contributed by atoms with Crippen molar-refractivity contribution in [1.29, 1.82) is 0 Å². The Hall–Kier alpha value is -2.91. The quantitative estimate of drug-likeness (QED) is 0.653. The minimum absolute atomic E-state index is 0.0779. The molecule has 2 heterocycles. The first-order chi connectivity index (χ1) is 14.8. The lowest BCUT2D eigenvalue weighted by molar-refractivity contribution is -0.120. The number of aromatic nitrogens is 1. The number of nitrogens with zero attached hydrogens (tertiary/aromatic N) is 2. The van der Waals surface area contributed by atoms with Gasteiger partial charge >= 0.3 is 5.76 Å². The van der Waals surface area contributed by atoms with E-state index in [4.69, 9.17) is 4.42 Å². The minimum atomic E-state index is -3.75. The molecule has 0 aliphatic carbocycles. The topological polar surface area (TPSA) is 102 Å². The van der Waals surface area contributed by atoms with Gasteiger partial charge in [-0.25, -0.2) is 13.2 Å². The number of para-hydroxylation sites is 1. The molecule has 1 aromatic heterocycles. The van der Waals surface area contributed by atoms with Crippen LogP contribution in [0, 0.1) is 5.92 Å². The Bertz CT molecular complexity index is 1280. The van der Waals surface area contributed by atoms with Crippen LogP contribution in [0.1, 0.15) is 25.3 Å². The van der Waals surface area contributed by atoms with Crippen molar-refractivity contribution in [3.8, 4) is 0 Å². The van der Waals surface area contributed by atoms with Crippen LogP contribution in [-0.2, 0) is 28.3 Å². The van der Waals surface area contributed by atoms with Gasteiger partial charge in [0.05, 0.1) is 10.4 Å². The van der Waals surface area contributed by atoms with E-state index in [0.29, 0.717) is 18.4 Å². The van der Waals surface area contributed by atoms with Gasteiger partial charge in [0.1, 0.15) is 0 Å². The third-order valence-corrected chi connectivity index (χ3v) is 7.78. The Morgan fingerprint density at radius 2 is 1.87 bits per heavy atom. The van der Waals surface area contributed by atoms with Gasteiger partial charge in [-0.2, -0.15) is 4.31 Å². The first-order valence-electron chi connectivity index (χ1n) is 10.3. The van der Waals surface area contributed by atoms with Crippen molar-refractivity contribution in [2.24, 2.45) is 13.0 Å². The second-order valence-corrected chi connectivity index (χ2v) is 9.67. The largest absolute Gasteiger partial charge is 0.419 e. The number of rotatable bonds is 5. The normalized spacial score (nSPS) is 15.9. The predicted octanol–water partition coefficient (Wildman–Crippen LogP) is 2.73. The van der Waals surface area contributed by atoms with Gasteiger partial charge in [-0.05, 0) is 43.0 Å². The highest BCUT2D eigenvalue weighted by molar-refractivity contribution is 7.89. The number of piperidine rings is 1. The minimum Gasteiger partial charge on any atom is -0.408 e. The molecule has 1 N–H and O–H groups in total. The van der Waals surface area contributed by atoms with Gasteiger partial charge in [-0.3, -0.25) is 9.36 Å². The van der Waals surface area contributed by atoms with E-state index in [1.54, 1.807) is 13.1 Å². The smallest absolute Gasteiger partial charge is 0.408 e. The molecule has 0 bridgehead atoms. The lowest BCUT2D eigenvalue weighted by atomic mass is 9.97. The Balaban J connectivity index is 1.45. The summed E-state index contributed by atoms with van der Waals surface area (Å²) in [7, 11) is -2.18. The van der Waals surface area contributed by atoms with E-state index >= 15 is 0 Å². The predicted molar refractivity (Wildman–Crippen MR) is 117 cm³/mol. The van der Waals surface area contributed by atoms with E-state index in [0.717, 1.165) is 17.7 Å². The summed E-state index contributed by atoms with van der Waals surface area (Å²) in [5.41, 5.74) is 2.64. The van der Waals surface area contributed by atoms with E-state index in [1.807, 2.05) is 31.2 Å². The molecule has 2 aromatic carbocycles. The van der Waals surface area contributed by atoms with Crippen LogP contribution in [0.25, 0.3) is 11.1 Å². The first kappa shape index (κ1) is 21.3. The van der Waals surface area contributed by atoms with E-state index in [9.17, 15) is 18.0 Å². The molecule has 164 valence electrons. The van der Waals surface area contributed by atoms with Gasteiger partial charge in [0.15, 0.2) is 5.58 Å². The lowest BCUT2D eigenvalue weighted by Gasteiger charge is -2.30. The summed E-state index contributed by atoms with van der Waals surface area (Å²) < 4.78 is 34.0. The molecule has 9 heteroatoms. The van der Waals surface area contributed by atoms with E-state index in [2.05, 4.69) is 5.32 Å². The third kappa shape index (κ3) is 4.03. The summed E-state index contributed by atoms with van der Waals surface area (Å²) in [5.74, 6) is -0.863. The molecule has 0 saturated carbocycles. The first-order valence-corrected chi connectivity index (χ1v) is 11.7. The van der Waals surface area contributed by atoms with Gasteiger partial charge < -0.3 is 9.73 Å². The number of hydrogen-bond donors (Lipinski definition) is 1. The molecule has 8 nitrogen and oxygen atoms in total. The van der Waals surface area contributed by atoms with Crippen LogP contribution in [0.3, 0.4) is 0 Å². The zero-order valence-corrected chi connectivity index (χ0v) is 18.3. The number of fused-ring (bicyclic) bond motifs is 1. The van der Waals surface area contributed by atoms with Gasteiger partial charge in [-0.1, -0.05) is 25.1 Å². The molecule has 0 radical (unpaired) electrons. The highest BCUT2D eigenvalue weighted by Crippen LogP contribution is 2.27. The highest BCUT2D eigenvalue weighted by atomic mass is 32.2. The molecule has 1 aliphatic rings. The van der Waals surface area contributed by atoms with Gasteiger partial charge in [0.25, 0.3) is 0 Å². The van der Waals surface area contributed by atoms with Crippen molar-refractivity contribution >= 4 is 32.7 Å². The maximum atomic E-state index is 13.1. The maximum absolute atomic E-state index is 13.1. The number of nitrogens with one attached hydrogen (secondary N) is 1. The van der Waals surface area contributed by atoms with Crippen LogP contribution in [0.5, 0.6) is 0 Å². The second-order valence-electron chi connectivity index (χ2n) is 7.73. The number of benzene rings is 2. The fourth-order valence-electron chi connectivity index (χ4n) is 3.97. The van der Waals surface area contributed by atoms with Crippen molar-refractivity contribution in [3.05, 3.63) is 58.6 Å². The second kappa shape index (κ2) is 8.32. The summed E-state index contributed by atoms with van der Waals surface area (Å²) in [6.45, 7) is 2.55. The summed E-state index contributed by atoms with van der Waals surface area (Å²) in [4.78, 5) is 24.5. The molecule has 1 amide bonds. The highest BCUT2D eigenvalue weighted by Gasteiger charge is 2.32. The molecule has 1 fully saturated rings. The number of amides is 1. The number of sulfonamides is 1. The SMILES string of the molecule is CCc1ccccc1NC(=O)C1CCN(S(=O)(=O)c2ccc3c(c2)oc(=O)n3C)CC1. The van der Waals surface area contributed by atoms with E-state index in [1.165, 1.54) is 21.0 Å². The molecule has 0 spiro atoms. The van der Waals surface area contributed by atoms with Crippen LogP contribution >= 0.6 is 0 Å². The average molecular weight is 444 g/mol. The Morgan fingerprint density at radius 3 is 2.58 bits per heavy atom. The van der Waals surface area contributed by atoms with Crippen LogP contribution in [-0.4, -0.2) is 36.3 Å². The zero-order chi connectivity index (χ0) is 22.2. The van der Waals surface area contributed by atoms with Crippen molar-refractivity contribution in [2.75, 3.05) is 18.4 Å². The van der Waals surface area contributed by atoms with Crippen LogP contribution in [0.4, 0.5) is 5.69 Å². The number of oxazole rings is 1. The Labute approximate surface area is 180 Å². The maximum Gasteiger partial charge on any atom is 0.419 e. The molecule has 4 rings (SSSR count). The molecule has 1 saturated heterocycles. The monoisotopic (exact) mass is 443 g/mol. The number of anilines is 1. The van der Waals surface area contributed by atoms with Crippen LogP contribution < -0.4 is 11.1 Å². The molecule has 0 unspecified atom stereocenters. The average Bonchev–Trinajstić information content (AvgIpc) is 3.07. The van der Waals surface area contributed by atoms with E-state index in [-0.39, 0.29) is 35.4 Å². The number of aryl methyl sites for hydroxylation is 2. The Morgan fingerprint density at radius 1 is 1.16 bits per heavy atom. The molecular formula is C22H25N3O5S. The molecule has 3 aromatic rings. The number of hydrogen-bond acceptors (Lipinski definition) is 5. The standard InChI is InChI=1S/C22H25N3O5S/c1-3-15-6-4-5-7-18(15)23-21(26)16-10-12-25(13-11-16)31(28,29)17-8-9-19-20(14-17)30-22(27)24(19)2/h4-9,14,16H,3,10-13H2,1-2H3,(H,23,26). The van der Waals surface area contributed by atoms with Crippen molar-refractivity contribution in [1.82, 2.24) is 8.87 Å². The third-order valence-electron chi connectivity index (χ3n) is 5.88. The van der Waals surface area contributed by atoms with Crippen LogP contribution in [0.2, 0.25) is 0 Å². The van der Waals surface area contributed by atoms with Crippen molar-refractivity contribution in [2.45, 2.75) is 31.1 Å². The van der Waals surface area contributed by atoms with Gasteiger partial charge in [0.2, 0.25) is 15.9 Å².